The number of nitrogens with one attached hydrogen (secondary N) is 1. The highest BCUT2D eigenvalue weighted by molar-refractivity contribution is 5.97. The minimum Gasteiger partial charge on any atom is -0.409 e. The van der Waals surface area contributed by atoms with Crippen molar-refractivity contribution in [2.45, 2.75) is 12.5 Å². The lowest BCUT2D eigenvalue weighted by Crippen LogP contribution is -2.35. The molecule has 0 amide bonds. The van der Waals surface area contributed by atoms with Gasteiger partial charge in [0.1, 0.15) is 12.4 Å². The number of aliphatic hydroxyl groups is 1. The summed E-state index contributed by atoms with van der Waals surface area (Å²) in [6, 6.07) is 3.60. The Bertz CT molecular complexity index is 466. The zero-order valence-corrected chi connectivity index (χ0v) is 9.91. The highest BCUT2D eigenvalue weighted by Gasteiger charge is 2.26. The third-order valence-corrected chi connectivity index (χ3v) is 2.31. The zero-order chi connectivity index (χ0) is 14.5. The van der Waals surface area contributed by atoms with Crippen LogP contribution in [0.2, 0.25) is 0 Å². The van der Waals surface area contributed by atoms with Gasteiger partial charge in [0, 0.05) is 12.1 Å². The van der Waals surface area contributed by atoms with Crippen LogP contribution in [0.15, 0.2) is 23.4 Å². The average Bonchev–Trinajstić information content (AvgIpc) is 2.37. The maximum Gasteiger partial charge on any atom is 0.282 e. The molecule has 1 rings (SSSR count). The van der Waals surface area contributed by atoms with Crippen molar-refractivity contribution in [1.82, 2.24) is 5.32 Å². The van der Waals surface area contributed by atoms with Gasteiger partial charge < -0.3 is 21.4 Å². The molecule has 0 aromatic heterocycles. The molecule has 0 aliphatic rings. The van der Waals surface area contributed by atoms with Crippen molar-refractivity contribution in [2.24, 2.45) is 10.9 Å². The van der Waals surface area contributed by atoms with Crippen molar-refractivity contribution in [3.05, 3.63) is 35.1 Å². The van der Waals surface area contributed by atoms with Crippen LogP contribution in [0.4, 0.5) is 13.2 Å². The second-order valence-corrected chi connectivity index (χ2v) is 3.95. The fourth-order valence-electron chi connectivity index (χ4n) is 1.40. The fourth-order valence-corrected chi connectivity index (χ4v) is 1.40. The van der Waals surface area contributed by atoms with Crippen molar-refractivity contribution in [1.29, 1.82) is 0 Å². The van der Waals surface area contributed by atoms with E-state index < -0.39 is 24.9 Å². The van der Waals surface area contributed by atoms with Gasteiger partial charge in [0.15, 0.2) is 5.84 Å². The number of nitrogens with zero attached hydrogens (tertiary/aromatic N) is 1. The zero-order valence-electron chi connectivity index (χ0n) is 9.91. The normalized spacial score (nSPS) is 12.7. The standard InChI is InChI=1S/C11H14F3N3O2/c12-9-2-7(1-8(3-9)10(15)17-19)4-16-5-11(13,14)6-18/h1-3,16,18-19H,4-6H2,(H2,15,17). The highest BCUT2D eigenvalue weighted by atomic mass is 19.3. The summed E-state index contributed by atoms with van der Waals surface area (Å²) in [6.07, 6.45) is 0. The summed E-state index contributed by atoms with van der Waals surface area (Å²) in [5.41, 5.74) is 5.81. The van der Waals surface area contributed by atoms with Gasteiger partial charge in [-0.05, 0) is 23.8 Å². The quantitative estimate of drug-likeness (QED) is 0.266. The first-order valence-electron chi connectivity index (χ1n) is 5.35. The van der Waals surface area contributed by atoms with Crippen LogP contribution >= 0.6 is 0 Å². The molecule has 8 heteroatoms. The lowest BCUT2D eigenvalue weighted by Gasteiger charge is -2.14. The van der Waals surface area contributed by atoms with Crippen molar-refractivity contribution in [3.63, 3.8) is 0 Å². The van der Waals surface area contributed by atoms with Gasteiger partial charge in [0.2, 0.25) is 0 Å². The first-order chi connectivity index (χ1) is 8.88. The predicted octanol–water partition coefficient (Wildman–Crippen LogP) is 0.637. The summed E-state index contributed by atoms with van der Waals surface area (Å²) in [7, 11) is 0. The molecule has 0 heterocycles. The molecule has 19 heavy (non-hydrogen) atoms. The van der Waals surface area contributed by atoms with E-state index in [9.17, 15) is 13.2 Å². The summed E-state index contributed by atoms with van der Waals surface area (Å²) >= 11 is 0. The smallest absolute Gasteiger partial charge is 0.282 e. The van der Waals surface area contributed by atoms with Crippen molar-refractivity contribution in [3.8, 4) is 0 Å². The van der Waals surface area contributed by atoms with E-state index in [0.29, 0.717) is 5.56 Å². The third-order valence-electron chi connectivity index (χ3n) is 2.31. The summed E-state index contributed by atoms with van der Waals surface area (Å²) < 4.78 is 38.7. The summed E-state index contributed by atoms with van der Waals surface area (Å²) in [5.74, 6) is -4.14. The van der Waals surface area contributed by atoms with Gasteiger partial charge in [-0.3, -0.25) is 0 Å². The predicted molar refractivity (Wildman–Crippen MR) is 62.7 cm³/mol. The number of rotatable bonds is 6. The third kappa shape index (κ3) is 4.76. The molecule has 0 saturated heterocycles. The van der Waals surface area contributed by atoms with Crippen molar-refractivity contribution >= 4 is 5.84 Å². The largest absolute Gasteiger partial charge is 0.409 e. The maximum atomic E-state index is 13.2. The van der Waals surface area contributed by atoms with Crippen LogP contribution in [0.1, 0.15) is 11.1 Å². The van der Waals surface area contributed by atoms with E-state index in [0.717, 1.165) is 12.1 Å². The van der Waals surface area contributed by atoms with Gasteiger partial charge >= 0.3 is 0 Å². The van der Waals surface area contributed by atoms with Crippen LogP contribution in [0.3, 0.4) is 0 Å². The molecule has 0 saturated carbocycles. The second-order valence-electron chi connectivity index (χ2n) is 3.95. The molecule has 5 nitrogen and oxygen atoms in total. The number of hydrogen-bond donors (Lipinski definition) is 4. The molecule has 0 atom stereocenters. The first kappa shape index (κ1) is 15.3. The summed E-state index contributed by atoms with van der Waals surface area (Å²) in [4.78, 5) is 0. The van der Waals surface area contributed by atoms with Crippen molar-refractivity contribution in [2.75, 3.05) is 13.2 Å². The molecule has 106 valence electrons. The molecular weight excluding hydrogens is 263 g/mol. The molecule has 1 aromatic rings. The Hall–Kier alpha value is -1.80. The van der Waals surface area contributed by atoms with E-state index in [4.69, 9.17) is 16.0 Å². The summed E-state index contributed by atoms with van der Waals surface area (Å²) in [5, 5.41) is 22.0. The Kier molecular flexibility index (Phi) is 5.13. The van der Waals surface area contributed by atoms with E-state index in [-0.39, 0.29) is 17.9 Å². The SMILES string of the molecule is N/C(=N/O)c1cc(F)cc(CNCC(F)(F)CO)c1. The lowest BCUT2D eigenvalue weighted by atomic mass is 10.1. The molecule has 0 fully saturated rings. The lowest BCUT2D eigenvalue weighted by molar-refractivity contribution is -0.0477. The molecule has 0 aliphatic carbocycles. The van der Waals surface area contributed by atoms with Gasteiger partial charge in [0.05, 0.1) is 6.54 Å². The van der Waals surface area contributed by atoms with E-state index >= 15 is 0 Å². The van der Waals surface area contributed by atoms with E-state index in [1.807, 2.05) is 0 Å². The van der Waals surface area contributed by atoms with E-state index in [1.54, 1.807) is 0 Å². The molecule has 0 bridgehead atoms. The number of aliphatic hydroxyl groups excluding tert-OH is 1. The number of hydrogen-bond acceptors (Lipinski definition) is 4. The minimum atomic E-state index is -3.23. The number of alkyl halides is 2. The Balaban J connectivity index is 2.72. The topological polar surface area (TPSA) is 90.9 Å². The number of benzene rings is 1. The molecule has 0 radical (unpaired) electrons. The average molecular weight is 277 g/mol. The van der Waals surface area contributed by atoms with Gasteiger partial charge in [0.25, 0.3) is 5.92 Å². The van der Waals surface area contributed by atoms with Crippen LogP contribution in [0, 0.1) is 5.82 Å². The molecule has 0 spiro atoms. The van der Waals surface area contributed by atoms with Crippen LogP contribution in [0.25, 0.3) is 0 Å². The Morgan fingerprint density at radius 3 is 2.63 bits per heavy atom. The number of halogens is 3. The van der Waals surface area contributed by atoms with Crippen LogP contribution in [-0.2, 0) is 6.54 Å². The van der Waals surface area contributed by atoms with E-state index in [2.05, 4.69) is 10.5 Å². The van der Waals surface area contributed by atoms with Crippen molar-refractivity contribution < 1.29 is 23.5 Å². The van der Waals surface area contributed by atoms with Crippen LogP contribution in [-0.4, -0.2) is 35.2 Å². The highest BCUT2D eigenvalue weighted by Crippen LogP contribution is 2.12. The Labute approximate surface area is 107 Å². The van der Waals surface area contributed by atoms with Crippen LogP contribution in [0.5, 0.6) is 0 Å². The number of amidine groups is 1. The Morgan fingerprint density at radius 2 is 2.05 bits per heavy atom. The first-order valence-corrected chi connectivity index (χ1v) is 5.35. The van der Waals surface area contributed by atoms with Gasteiger partial charge in [-0.25, -0.2) is 13.2 Å². The molecule has 5 N–H and O–H groups in total. The van der Waals surface area contributed by atoms with Gasteiger partial charge in [-0.15, -0.1) is 0 Å². The Morgan fingerprint density at radius 1 is 1.37 bits per heavy atom. The fraction of sp³-hybridized carbons (Fsp3) is 0.364. The van der Waals surface area contributed by atoms with Gasteiger partial charge in [-0.2, -0.15) is 0 Å². The number of oxime groups is 1. The number of nitrogens with two attached hydrogens (primary N) is 1. The minimum absolute atomic E-state index is 0.0426. The molecule has 0 unspecified atom stereocenters. The second kappa shape index (κ2) is 6.39. The summed E-state index contributed by atoms with van der Waals surface area (Å²) in [6.45, 7) is -2.05. The maximum absolute atomic E-state index is 13.2. The van der Waals surface area contributed by atoms with E-state index in [1.165, 1.54) is 6.07 Å². The molecule has 1 aromatic carbocycles. The van der Waals surface area contributed by atoms with Crippen LogP contribution < -0.4 is 11.1 Å². The van der Waals surface area contributed by atoms with Gasteiger partial charge in [-0.1, -0.05) is 5.16 Å². The molecular formula is C11H14F3N3O2. The molecule has 0 aliphatic heterocycles. The monoisotopic (exact) mass is 277 g/mol.